The van der Waals surface area contributed by atoms with Gasteiger partial charge in [0, 0.05) is 37.2 Å². The number of pyridine rings is 1. The highest BCUT2D eigenvalue weighted by molar-refractivity contribution is 5.97. The molecule has 1 aliphatic carbocycles. The predicted molar refractivity (Wildman–Crippen MR) is 116 cm³/mol. The molecular weight excluding hydrogens is 429 g/mol. The summed E-state index contributed by atoms with van der Waals surface area (Å²) in [5, 5.41) is 14.8. The average molecular weight is 451 g/mol. The third kappa shape index (κ3) is 3.43. The minimum atomic E-state index is -1.78. The summed E-state index contributed by atoms with van der Waals surface area (Å²) >= 11 is 0. The first kappa shape index (κ1) is 21.1. The fraction of sp³-hybridized carbons (Fsp3) is 0.304. The molecule has 0 spiro atoms. The number of halogens is 1. The second kappa shape index (κ2) is 7.38. The van der Waals surface area contributed by atoms with E-state index in [0.717, 1.165) is 18.4 Å². The maximum atomic E-state index is 14.8. The molecule has 5 rings (SSSR count). The fourth-order valence-corrected chi connectivity index (χ4v) is 4.20. The Morgan fingerprint density at radius 1 is 1.27 bits per heavy atom. The van der Waals surface area contributed by atoms with Crippen LogP contribution in [-0.4, -0.2) is 45.6 Å². The van der Waals surface area contributed by atoms with Crippen molar-refractivity contribution >= 4 is 17.5 Å². The Kier molecular flexibility index (Phi) is 4.71. The summed E-state index contributed by atoms with van der Waals surface area (Å²) < 4.78 is 20.1. The van der Waals surface area contributed by atoms with Crippen molar-refractivity contribution in [3.05, 3.63) is 53.2 Å². The van der Waals surface area contributed by atoms with Crippen LogP contribution in [0.1, 0.15) is 47.0 Å². The van der Waals surface area contributed by atoms with Crippen molar-refractivity contribution in [3.63, 3.8) is 0 Å². The Hall–Kier alpha value is -3.79. The molecule has 1 aliphatic heterocycles. The lowest BCUT2D eigenvalue weighted by Gasteiger charge is -2.16. The van der Waals surface area contributed by atoms with Crippen molar-refractivity contribution in [1.29, 1.82) is 0 Å². The molecule has 2 aromatic heterocycles. The molecule has 0 unspecified atom stereocenters. The SMILES string of the molecule is CN1CC[C@@](O)(c2cc(-c3ccc(F)c(-c4cc(C5CC5)c(N)c(C(N)=O)n4)c3)no2)C1=O. The molecular formula is C23H22FN5O4. The molecule has 3 heterocycles. The summed E-state index contributed by atoms with van der Waals surface area (Å²) in [7, 11) is 1.60. The van der Waals surface area contributed by atoms with E-state index < -0.39 is 23.2 Å². The fourth-order valence-electron chi connectivity index (χ4n) is 4.20. The van der Waals surface area contributed by atoms with Crippen molar-refractivity contribution in [2.24, 2.45) is 5.73 Å². The van der Waals surface area contributed by atoms with Crippen molar-refractivity contribution in [2.75, 3.05) is 19.3 Å². The molecule has 0 bridgehead atoms. The van der Waals surface area contributed by atoms with Gasteiger partial charge in [-0.25, -0.2) is 9.37 Å². The number of carbonyl (C=O) groups excluding carboxylic acids is 2. The van der Waals surface area contributed by atoms with Crippen LogP contribution in [0, 0.1) is 5.82 Å². The number of nitrogens with zero attached hydrogens (tertiary/aromatic N) is 3. The molecule has 5 N–H and O–H groups in total. The van der Waals surface area contributed by atoms with E-state index in [2.05, 4.69) is 10.1 Å². The van der Waals surface area contributed by atoms with Crippen LogP contribution in [0.25, 0.3) is 22.5 Å². The number of primary amides is 1. The van der Waals surface area contributed by atoms with Crippen LogP contribution in [0.4, 0.5) is 10.1 Å². The zero-order valence-corrected chi connectivity index (χ0v) is 17.8. The Morgan fingerprint density at radius 3 is 2.67 bits per heavy atom. The van der Waals surface area contributed by atoms with Gasteiger partial charge in [-0.15, -0.1) is 0 Å². The molecule has 9 nitrogen and oxygen atoms in total. The van der Waals surface area contributed by atoms with Gasteiger partial charge < -0.3 is 26.0 Å². The van der Waals surface area contributed by atoms with E-state index in [9.17, 15) is 19.1 Å². The largest absolute Gasteiger partial charge is 0.397 e. The minimum absolute atomic E-state index is 0.0235. The molecule has 2 aliphatic rings. The highest BCUT2D eigenvalue weighted by atomic mass is 19.1. The Bertz CT molecular complexity index is 1300. The van der Waals surface area contributed by atoms with Crippen LogP contribution < -0.4 is 11.5 Å². The normalized spacial score (nSPS) is 20.5. The van der Waals surface area contributed by atoms with E-state index in [0.29, 0.717) is 17.8 Å². The van der Waals surface area contributed by atoms with Crippen LogP contribution in [0.3, 0.4) is 0 Å². The van der Waals surface area contributed by atoms with Gasteiger partial charge in [-0.1, -0.05) is 5.16 Å². The van der Waals surface area contributed by atoms with E-state index in [-0.39, 0.29) is 40.7 Å². The molecule has 2 fully saturated rings. The maximum absolute atomic E-state index is 14.8. The van der Waals surface area contributed by atoms with E-state index >= 15 is 0 Å². The summed E-state index contributed by atoms with van der Waals surface area (Å²) in [4.78, 5) is 29.9. The lowest BCUT2D eigenvalue weighted by molar-refractivity contribution is -0.144. The number of benzene rings is 1. The zero-order chi connectivity index (χ0) is 23.5. The number of carbonyl (C=O) groups is 2. The number of likely N-dealkylation sites (N-methyl/N-ethyl adjacent to an activating group) is 1. The second-order valence-corrected chi connectivity index (χ2v) is 8.61. The van der Waals surface area contributed by atoms with Gasteiger partial charge in [-0.05, 0) is 48.6 Å². The molecule has 0 radical (unpaired) electrons. The second-order valence-electron chi connectivity index (χ2n) is 8.61. The first-order valence-corrected chi connectivity index (χ1v) is 10.5. The Balaban J connectivity index is 1.56. The van der Waals surface area contributed by atoms with Gasteiger partial charge in [0.25, 0.3) is 11.8 Å². The average Bonchev–Trinajstić information content (AvgIpc) is 3.45. The number of hydrogen-bond donors (Lipinski definition) is 3. The van der Waals surface area contributed by atoms with Gasteiger partial charge in [0.1, 0.15) is 11.5 Å². The smallest absolute Gasteiger partial charge is 0.269 e. The summed E-state index contributed by atoms with van der Waals surface area (Å²) in [6.45, 7) is 0.389. The van der Waals surface area contributed by atoms with Gasteiger partial charge in [-0.2, -0.15) is 0 Å². The van der Waals surface area contributed by atoms with Crippen molar-refractivity contribution in [3.8, 4) is 22.5 Å². The molecule has 2 amide bonds. The number of nitrogen functional groups attached to an aromatic ring is 1. The topological polar surface area (TPSA) is 149 Å². The number of aliphatic hydroxyl groups is 1. The van der Waals surface area contributed by atoms with E-state index in [1.165, 1.54) is 29.2 Å². The Labute approximate surface area is 188 Å². The van der Waals surface area contributed by atoms with E-state index in [1.54, 1.807) is 13.1 Å². The highest BCUT2D eigenvalue weighted by Crippen LogP contribution is 2.45. The number of hydrogen-bond acceptors (Lipinski definition) is 7. The number of nitrogens with two attached hydrogens (primary N) is 2. The van der Waals surface area contributed by atoms with Gasteiger partial charge >= 0.3 is 0 Å². The zero-order valence-electron chi connectivity index (χ0n) is 17.8. The van der Waals surface area contributed by atoms with Crippen molar-refractivity contribution in [1.82, 2.24) is 15.0 Å². The number of rotatable bonds is 5. The maximum Gasteiger partial charge on any atom is 0.269 e. The molecule has 33 heavy (non-hydrogen) atoms. The van der Waals surface area contributed by atoms with Gasteiger partial charge in [0.15, 0.2) is 11.5 Å². The summed E-state index contributed by atoms with van der Waals surface area (Å²) in [6, 6.07) is 7.42. The Morgan fingerprint density at radius 2 is 2.03 bits per heavy atom. The van der Waals surface area contributed by atoms with Gasteiger partial charge in [0.2, 0.25) is 5.60 Å². The van der Waals surface area contributed by atoms with Gasteiger partial charge in [0.05, 0.1) is 11.4 Å². The minimum Gasteiger partial charge on any atom is -0.397 e. The molecule has 10 heteroatoms. The molecule has 1 saturated heterocycles. The molecule has 1 saturated carbocycles. The highest BCUT2D eigenvalue weighted by Gasteiger charge is 2.48. The lowest BCUT2D eigenvalue weighted by Crippen LogP contribution is -2.35. The number of anilines is 1. The standard InChI is InChI=1S/C23H22FN5O4/c1-29-7-6-23(32,22(29)31)18-10-16(28-33-18)12-4-5-15(24)14(8-12)17-9-13(11-2-3-11)19(25)20(27-17)21(26)30/h4-5,8-11,32H,2-3,6-7,25H2,1H3,(H2,26,30)/t23-/m1/s1. The first-order valence-electron chi connectivity index (χ1n) is 10.5. The van der Waals surface area contributed by atoms with Crippen LogP contribution in [0.2, 0.25) is 0 Å². The molecule has 3 aromatic rings. The molecule has 170 valence electrons. The van der Waals surface area contributed by atoms with Crippen molar-refractivity contribution < 1.29 is 23.6 Å². The molecule has 1 atom stereocenters. The summed E-state index contributed by atoms with van der Waals surface area (Å²) in [5.41, 5.74) is 11.8. The first-order chi connectivity index (χ1) is 15.7. The third-order valence-electron chi connectivity index (χ3n) is 6.31. The van der Waals surface area contributed by atoms with Gasteiger partial charge in [-0.3, -0.25) is 9.59 Å². The monoisotopic (exact) mass is 451 g/mol. The molecule has 1 aromatic carbocycles. The van der Waals surface area contributed by atoms with Crippen molar-refractivity contribution in [2.45, 2.75) is 30.8 Å². The lowest BCUT2D eigenvalue weighted by atomic mass is 9.97. The quantitative estimate of drug-likeness (QED) is 0.538. The van der Waals surface area contributed by atoms with Crippen LogP contribution >= 0.6 is 0 Å². The summed E-state index contributed by atoms with van der Waals surface area (Å²) in [5.74, 6) is -1.59. The number of amides is 2. The predicted octanol–water partition coefficient (Wildman–Crippen LogP) is 2.15. The number of aromatic nitrogens is 2. The van der Waals surface area contributed by atoms with Crippen LogP contribution in [0.5, 0.6) is 0 Å². The third-order valence-corrected chi connectivity index (χ3v) is 6.31. The van der Waals surface area contributed by atoms with E-state index in [4.69, 9.17) is 16.0 Å². The van der Waals surface area contributed by atoms with Crippen LogP contribution in [-0.2, 0) is 10.4 Å². The number of likely N-dealkylation sites (tertiary alicyclic amines) is 1. The summed E-state index contributed by atoms with van der Waals surface area (Å²) in [6.07, 6.45) is 2.03. The van der Waals surface area contributed by atoms with Crippen LogP contribution in [0.15, 0.2) is 34.9 Å². The van der Waals surface area contributed by atoms with E-state index in [1.807, 2.05) is 0 Å².